The third kappa shape index (κ3) is 2.60. The van der Waals surface area contributed by atoms with Gasteiger partial charge >= 0.3 is 11.6 Å². The SMILES string of the molecule is CCOC(=O)c1ccc(-c2cc(=O)oc3ccccc23)s1. The molecule has 0 amide bonds. The van der Waals surface area contributed by atoms with Gasteiger partial charge in [0.2, 0.25) is 0 Å². The van der Waals surface area contributed by atoms with E-state index >= 15 is 0 Å². The normalized spacial score (nSPS) is 10.7. The van der Waals surface area contributed by atoms with Gasteiger partial charge in [-0.25, -0.2) is 9.59 Å². The molecule has 0 bridgehead atoms. The molecule has 0 aliphatic rings. The molecule has 0 saturated heterocycles. The number of hydrogen-bond acceptors (Lipinski definition) is 5. The molecular formula is C16H12O4S. The fraction of sp³-hybridized carbons (Fsp3) is 0.125. The van der Waals surface area contributed by atoms with E-state index in [1.807, 2.05) is 24.3 Å². The molecule has 0 fully saturated rings. The highest BCUT2D eigenvalue weighted by Crippen LogP contribution is 2.32. The highest BCUT2D eigenvalue weighted by Gasteiger charge is 2.14. The quantitative estimate of drug-likeness (QED) is 0.546. The average molecular weight is 300 g/mol. The van der Waals surface area contributed by atoms with Gasteiger partial charge in [0, 0.05) is 21.9 Å². The van der Waals surface area contributed by atoms with Gasteiger partial charge in [0.05, 0.1) is 6.61 Å². The second-order valence-corrected chi connectivity index (χ2v) is 5.44. The Morgan fingerprint density at radius 2 is 2.05 bits per heavy atom. The van der Waals surface area contributed by atoms with Crippen molar-refractivity contribution in [2.24, 2.45) is 0 Å². The minimum absolute atomic E-state index is 0.337. The Labute approximate surface area is 124 Å². The number of thiophene rings is 1. The molecule has 1 aromatic carbocycles. The first-order valence-corrected chi connectivity index (χ1v) is 7.31. The van der Waals surface area contributed by atoms with Gasteiger partial charge in [-0.3, -0.25) is 0 Å². The molecule has 0 atom stereocenters. The predicted molar refractivity (Wildman–Crippen MR) is 81.8 cm³/mol. The maximum atomic E-state index is 11.7. The molecule has 3 aromatic rings. The van der Waals surface area contributed by atoms with Crippen molar-refractivity contribution in [3.63, 3.8) is 0 Å². The summed E-state index contributed by atoms with van der Waals surface area (Å²) in [5.74, 6) is -0.346. The maximum absolute atomic E-state index is 11.7. The van der Waals surface area contributed by atoms with E-state index in [2.05, 4.69) is 0 Å². The molecule has 0 spiro atoms. The fourth-order valence-corrected chi connectivity index (χ4v) is 3.04. The Balaban J connectivity index is 2.13. The van der Waals surface area contributed by atoms with Crippen molar-refractivity contribution >= 4 is 28.3 Å². The van der Waals surface area contributed by atoms with Crippen molar-refractivity contribution < 1.29 is 13.9 Å². The van der Waals surface area contributed by atoms with Crippen LogP contribution in [0.2, 0.25) is 0 Å². The maximum Gasteiger partial charge on any atom is 0.348 e. The van der Waals surface area contributed by atoms with Crippen LogP contribution in [0.15, 0.2) is 51.7 Å². The number of para-hydroxylation sites is 1. The number of esters is 1. The first-order valence-electron chi connectivity index (χ1n) is 6.49. The summed E-state index contributed by atoms with van der Waals surface area (Å²) in [5.41, 5.74) is 0.892. The zero-order chi connectivity index (χ0) is 14.8. The van der Waals surface area contributed by atoms with E-state index in [1.54, 1.807) is 19.1 Å². The van der Waals surface area contributed by atoms with Crippen molar-refractivity contribution in [1.82, 2.24) is 0 Å². The zero-order valence-electron chi connectivity index (χ0n) is 11.3. The summed E-state index contributed by atoms with van der Waals surface area (Å²) in [7, 11) is 0. The average Bonchev–Trinajstić information content (AvgIpc) is 2.96. The fourth-order valence-electron chi connectivity index (χ4n) is 2.11. The minimum atomic E-state index is -0.408. The molecule has 0 aliphatic heterocycles. The number of ether oxygens (including phenoxy) is 1. The third-order valence-corrected chi connectivity index (χ3v) is 4.10. The number of rotatable bonds is 3. The van der Waals surface area contributed by atoms with Gasteiger partial charge < -0.3 is 9.15 Å². The summed E-state index contributed by atoms with van der Waals surface area (Å²) in [6, 6.07) is 12.3. The van der Waals surface area contributed by atoms with E-state index in [0.29, 0.717) is 17.1 Å². The Hall–Kier alpha value is -2.40. The Morgan fingerprint density at radius 1 is 1.24 bits per heavy atom. The lowest BCUT2D eigenvalue weighted by atomic mass is 10.1. The van der Waals surface area contributed by atoms with Gasteiger partial charge in [-0.05, 0) is 25.1 Å². The highest BCUT2D eigenvalue weighted by atomic mass is 32.1. The molecule has 0 N–H and O–H groups in total. The molecular weight excluding hydrogens is 288 g/mol. The van der Waals surface area contributed by atoms with Crippen LogP contribution in [0.5, 0.6) is 0 Å². The predicted octanol–water partition coefficient (Wildman–Crippen LogP) is 3.70. The van der Waals surface area contributed by atoms with E-state index in [4.69, 9.17) is 9.15 Å². The summed E-state index contributed by atoms with van der Waals surface area (Å²) in [6.07, 6.45) is 0. The number of fused-ring (bicyclic) bond motifs is 1. The monoisotopic (exact) mass is 300 g/mol. The van der Waals surface area contributed by atoms with Crippen LogP contribution in [0.3, 0.4) is 0 Å². The molecule has 0 radical (unpaired) electrons. The van der Waals surface area contributed by atoms with Crippen molar-refractivity contribution in [2.75, 3.05) is 6.61 Å². The molecule has 2 heterocycles. The third-order valence-electron chi connectivity index (χ3n) is 3.00. The molecule has 21 heavy (non-hydrogen) atoms. The Kier molecular flexibility index (Phi) is 3.58. The van der Waals surface area contributed by atoms with Gasteiger partial charge in [0.25, 0.3) is 0 Å². The van der Waals surface area contributed by atoms with E-state index in [9.17, 15) is 9.59 Å². The van der Waals surface area contributed by atoms with Gasteiger partial charge in [-0.1, -0.05) is 18.2 Å². The Morgan fingerprint density at radius 3 is 2.86 bits per heavy atom. The standard InChI is InChI=1S/C16H12O4S/c1-2-19-16(18)14-8-7-13(21-14)11-9-15(17)20-12-6-4-3-5-10(11)12/h3-9H,2H2,1H3. The summed E-state index contributed by atoms with van der Waals surface area (Å²) in [6.45, 7) is 2.10. The van der Waals surface area contributed by atoms with Gasteiger partial charge in [-0.2, -0.15) is 0 Å². The van der Waals surface area contributed by atoms with Crippen LogP contribution >= 0.6 is 11.3 Å². The van der Waals surface area contributed by atoms with Crippen LogP contribution < -0.4 is 5.63 Å². The van der Waals surface area contributed by atoms with Gasteiger partial charge in [0.1, 0.15) is 10.5 Å². The van der Waals surface area contributed by atoms with Crippen molar-refractivity contribution in [2.45, 2.75) is 6.92 Å². The summed E-state index contributed by atoms with van der Waals surface area (Å²) < 4.78 is 10.2. The summed E-state index contributed by atoms with van der Waals surface area (Å²) in [4.78, 5) is 24.7. The van der Waals surface area contributed by atoms with E-state index in [1.165, 1.54) is 17.4 Å². The smallest absolute Gasteiger partial charge is 0.348 e. The zero-order valence-corrected chi connectivity index (χ0v) is 12.1. The van der Waals surface area contributed by atoms with Crippen LogP contribution in [-0.2, 0) is 4.74 Å². The largest absolute Gasteiger partial charge is 0.462 e. The second kappa shape index (κ2) is 5.54. The molecule has 4 nitrogen and oxygen atoms in total. The first-order chi connectivity index (χ1) is 10.2. The van der Waals surface area contributed by atoms with E-state index in [0.717, 1.165) is 15.8 Å². The lowest BCUT2D eigenvalue weighted by Gasteiger charge is -2.02. The first kappa shape index (κ1) is 13.6. The molecule has 2 aromatic heterocycles. The van der Waals surface area contributed by atoms with Crippen LogP contribution in [0.4, 0.5) is 0 Å². The molecule has 0 unspecified atom stereocenters. The molecule has 0 saturated carbocycles. The van der Waals surface area contributed by atoms with Crippen LogP contribution in [0.25, 0.3) is 21.4 Å². The van der Waals surface area contributed by atoms with Gasteiger partial charge in [0.15, 0.2) is 0 Å². The van der Waals surface area contributed by atoms with Crippen molar-refractivity contribution in [1.29, 1.82) is 0 Å². The van der Waals surface area contributed by atoms with Crippen LogP contribution in [-0.4, -0.2) is 12.6 Å². The topological polar surface area (TPSA) is 56.5 Å². The summed E-state index contributed by atoms with van der Waals surface area (Å²) >= 11 is 1.30. The second-order valence-electron chi connectivity index (χ2n) is 4.36. The molecule has 106 valence electrons. The number of carbonyl (C=O) groups excluding carboxylic acids is 1. The van der Waals surface area contributed by atoms with Crippen molar-refractivity contribution in [3.05, 3.63) is 57.8 Å². The molecule has 5 heteroatoms. The van der Waals surface area contributed by atoms with Crippen LogP contribution in [0.1, 0.15) is 16.6 Å². The number of benzene rings is 1. The molecule has 3 rings (SSSR count). The Bertz CT molecular complexity index is 860. The summed E-state index contributed by atoms with van der Waals surface area (Å²) in [5, 5.41) is 0.842. The van der Waals surface area contributed by atoms with E-state index in [-0.39, 0.29) is 5.97 Å². The lowest BCUT2D eigenvalue weighted by Crippen LogP contribution is -2.01. The van der Waals surface area contributed by atoms with Crippen molar-refractivity contribution in [3.8, 4) is 10.4 Å². The van der Waals surface area contributed by atoms with E-state index < -0.39 is 5.63 Å². The highest BCUT2D eigenvalue weighted by molar-refractivity contribution is 7.17. The van der Waals surface area contributed by atoms with Gasteiger partial charge in [-0.15, -0.1) is 11.3 Å². The van der Waals surface area contributed by atoms with Crippen LogP contribution in [0, 0.1) is 0 Å². The minimum Gasteiger partial charge on any atom is -0.462 e. The molecule has 0 aliphatic carbocycles. The number of hydrogen-bond donors (Lipinski definition) is 0. The lowest BCUT2D eigenvalue weighted by molar-refractivity contribution is 0.0532. The number of carbonyl (C=O) groups is 1.